The molecule has 1 atom stereocenters. The van der Waals surface area contributed by atoms with Gasteiger partial charge in [-0.1, -0.05) is 48.9 Å². The molecule has 1 N–H and O–H groups in total. The summed E-state index contributed by atoms with van der Waals surface area (Å²) in [5, 5.41) is 3.69. The summed E-state index contributed by atoms with van der Waals surface area (Å²) >= 11 is 1.93. The highest BCUT2D eigenvalue weighted by Crippen LogP contribution is 2.27. The van der Waals surface area contributed by atoms with Crippen LogP contribution in [-0.2, 0) is 0 Å². The molecule has 0 heterocycles. The lowest BCUT2D eigenvalue weighted by Crippen LogP contribution is -2.24. The van der Waals surface area contributed by atoms with Gasteiger partial charge in [0.2, 0.25) is 0 Å². The first kappa shape index (κ1) is 16.1. The Bertz CT molecular complexity index is 565. The summed E-state index contributed by atoms with van der Waals surface area (Å²) in [6, 6.07) is 17.9. The Morgan fingerprint density at radius 1 is 1.05 bits per heavy atom. The van der Waals surface area contributed by atoms with Crippen molar-refractivity contribution in [3.8, 4) is 0 Å². The van der Waals surface area contributed by atoms with Gasteiger partial charge in [0.05, 0.1) is 0 Å². The average molecular weight is 299 g/mol. The molecule has 0 aliphatic heterocycles. The fourth-order valence-corrected chi connectivity index (χ4v) is 3.54. The number of hydrogen-bond donors (Lipinski definition) is 1. The van der Waals surface area contributed by atoms with Crippen LogP contribution in [0.25, 0.3) is 0 Å². The van der Waals surface area contributed by atoms with Gasteiger partial charge in [0, 0.05) is 16.7 Å². The molecule has 0 aliphatic carbocycles. The van der Waals surface area contributed by atoms with Gasteiger partial charge in [-0.2, -0.15) is 0 Å². The largest absolute Gasteiger partial charge is 0.309 e. The molecule has 0 aliphatic rings. The van der Waals surface area contributed by atoms with Crippen LogP contribution in [0.4, 0.5) is 0 Å². The monoisotopic (exact) mass is 299 g/mol. The summed E-state index contributed by atoms with van der Waals surface area (Å²) in [7, 11) is 0. The molecule has 0 saturated heterocycles. The van der Waals surface area contributed by atoms with E-state index in [1.807, 2.05) is 11.8 Å². The lowest BCUT2D eigenvalue weighted by molar-refractivity contribution is 0.575. The van der Waals surface area contributed by atoms with E-state index in [9.17, 15) is 0 Å². The van der Waals surface area contributed by atoms with Crippen molar-refractivity contribution >= 4 is 11.8 Å². The van der Waals surface area contributed by atoms with Gasteiger partial charge in [0.15, 0.2) is 0 Å². The van der Waals surface area contributed by atoms with Crippen LogP contribution < -0.4 is 5.32 Å². The average Bonchev–Trinajstić information content (AvgIpc) is 2.48. The second-order valence-corrected chi connectivity index (χ2v) is 6.58. The standard InChI is InChI=1S/C19H25NS/c1-4-12-20-19(18-11-6-5-9-16(18)3)14-21-17-10-7-8-15(2)13-17/h5-11,13,19-20H,4,12,14H2,1-3H3. The normalized spacial score (nSPS) is 12.3. The van der Waals surface area contributed by atoms with Gasteiger partial charge in [0.1, 0.15) is 0 Å². The van der Waals surface area contributed by atoms with E-state index in [-0.39, 0.29) is 0 Å². The molecule has 2 aromatic rings. The molecule has 1 nitrogen and oxygen atoms in total. The second kappa shape index (κ2) is 8.26. The molecule has 0 amide bonds. The summed E-state index contributed by atoms with van der Waals surface area (Å²) in [5.74, 6) is 1.06. The molecule has 0 saturated carbocycles. The van der Waals surface area contributed by atoms with Gasteiger partial charge in [0.25, 0.3) is 0 Å². The molecule has 0 spiro atoms. The Morgan fingerprint density at radius 3 is 2.57 bits per heavy atom. The summed E-state index contributed by atoms with van der Waals surface area (Å²) in [6.07, 6.45) is 1.16. The number of benzene rings is 2. The van der Waals surface area contributed by atoms with Gasteiger partial charge in [-0.3, -0.25) is 0 Å². The molecule has 0 fully saturated rings. The zero-order chi connectivity index (χ0) is 15.1. The predicted octanol–water partition coefficient (Wildman–Crippen LogP) is 5.14. The highest BCUT2D eigenvalue weighted by molar-refractivity contribution is 7.99. The van der Waals surface area contributed by atoms with E-state index in [4.69, 9.17) is 0 Å². The van der Waals surface area contributed by atoms with Crippen molar-refractivity contribution in [2.45, 2.75) is 38.1 Å². The maximum Gasteiger partial charge on any atom is 0.0418 e. The smallest absolute Gasteiger partial charge is 0.0418 e. The number of aryl methyl sites for hydroxylation is 2. The van der Waals surface area contributed by atoms with Crippen LogP contribution in [-0.4, -0.2) is 12.3 Å². The highest BCUT2D eigenvalue weighted by Gasteiger charge is 2.13. The van der Waals surface area contributed by atoms with Crippen LogP contribution in [0.5, 0.6) is 0 Å². The van der Waals surface area contributed by atoms with Crippen LogP contribution in [0.3, 0.4) is 0 Å². The number of nitrogens with one attached hydrogen (secondary N) is 1. The summed E-state index contributed by atoms with van der Waals surface area (Å²) in [6.45, 7) is 7.63. The first-order valence-corrected chi connectivity index (χ1v) is 8.67. The fourth-order valence-electron chi connectivity index (χ4n) is 2.44. The third-order valence-corrected chi connectivity index (χ3v) is 4.70. The summed E-state index contributed by atoms with van der Waals surface area (Å²) in [4.78, 5) is 1.35. The van der Waals surface area contributed by atoms with E-state index in [0.29, 0.717) is 6.04 Å². The zero-order valence-corrected chi connectivity index (χ0v) is 14.0. The number of thioether (sulfide) groups is 1. The van der Waals surface area contributed by atoms with Crippen LogP contribution in [0.1, 0.15) is 36.1 Å². The van der Waals surface area contributed by atoms with Crippen LogP contribution in [0, 0.1) is 13.8 Å². The highest BCUT2D eigenvalue weighted by atomic mass is 32.2. The SMILES string of the molecule is CCCNC(CSc1cccc(C)c1)c1ccccc1C. The first-order chi connectivity index (χ1) is 10.2. The Labute approximate surface area is 133 Å². The lowest BCUT2D eigenvalue weighted by Gasteiger charge is -2.20. The molecule has 2 aromatic carbocycles. The molecule has 0 aromatic heterocycles. The molecule has 112 valence electrons. The molecule has 0 bridgehead atoms. The van der Waals surface area contributed by atoms with Crippen LogP contribution >= 0.6 is 11.8 Å². The van der Waals surface area contributed by atoms with Crippen molar-refractivity contribution in [1.29, 1.82) is 0 Å². The minimum atomic E-state index is 0.414. The van der Waals surface area contributed by atoms with Gasteiger partial charge in [-0.15, -0.1) is 11.8 Å². The molecule has 0 radical (unpaired) electrons. The zero-order valence-electron chi connectivity index (χ0n) is 13.2. The topological polar surface area (TPSA) is 12.0 Å². The molecule has 2 rings (SSSR count). The quantitative estimate of drug-likeness (QED) is 0.711. The molecular formula is C19H25NS. The summed E-state index contributed by atoms with van der Waals surface area (Å²) in [5.41, 5.74) is 4.12. The summed E-state index contributed by atoms with van der Waals surface area (Å²) < 4.78 is 0. The molecule has 2 heteroatoms. The Hall–Kier alpha value is -1.25. The first-order valence-electron chi connectivity index (χ1n) is 7.69. The van der Waals surface area contributed by atoms with Gasteiger partial charge >= 0.3 is 0 Å². The third-order valence-electron chi connectivity index (χ3n) is 3.61. The van der Waals surface area contributed by atoms with Crippen LogP contribution in [0.2, 0.25) is 0 Å². The Morgan fingerprint density at radius 2 is 1.86 bits per heavy atom. The maximum absolute atomic E-state index is 3.69. The van der Waals surface area contributed by atoms with E-state index in [2.05, 4.69) is 74.6 Å². The third kappa shape index (κ3) is 4.90. The van der Waals surface area contributed by atoms with E-state index >= 15 is 0 Å². The van der Waals surface area contributed by atoms with E-state index in [0.717, 1.165) is 18.7 Å². The van der Waals surface area contributed by atoms with Gasteiger partial charge in [-0.05, 0) is 50.1 Å². The van der Waals surface area contributed by atoms with E-state index < -0.39 is 0 Å². The van der Waals surface area contributed by atoms with Crippen molar-refractivity contribution in [1.82, 2.24) is 5.32 Å². The number of rotatable bonds is 7. The minimum Gasteiger partial charge on any atom is -0.309 e. The molecule has 1 unspecified atom stereocenters. The number of hydrogen-bond acceptors (Lipinski definition) is 2. The van der Waals surface area contributed by atoms with Crippen molar-refractivity contribution in [2.75, 3.05) is 12.3 Å². The maximum atomic E-state index is 3.69. The fraction of sp³-hybridized carbons (Fsp3) is 0.368. The van der Waals surface area contributed by atoms with E-state index in [1.165, 1.54) is 21.6 Å². The second-order valence-electron chi connectivity index (χ2n) is 5.49. The van der Waals surface area contributed by atoms with Gasteiger partial charge < -0.3 is 5.32 Å². The van der Waals surface area contributed by atoms with E-state index in [1.54, 1.807) is 0 Å². The van der Waals surface area contributed by atoms with Crippen molar-refractivity contribution in [3.63, 3.8) is 0 Å². The Kier molecular flexibility index (Phi) is 6.34. The van der Waals surface area contributed by atoms with Crippen LogP contribution in [0.15, 0.2) is 53.4 Å². The lowest BCUT2D eigenvalue weighted by atomic mass is 10.0. The molecular weight excluding hydrogens is 274 g/mol. The van der Waals surface area contributed by atoms with Crippen molar-refractivity contribution in [3.05, 3.63) is 65.2 Å². The Balaban J connectivity index is 2.08. The molecule has 21 heavy (non-hydrogen) atoms. The van der Waals surface area contributed by atoms with Crippen molar-refractivity contribution in [2.24, 2.45) is 0 Å². The predicted molar refractivity (Wildman–Crippen MR) is 94.1 cm³/mol. The van der Waals surface area contributed by atoms with Crippen molar-refractivity contribution < 1.29 is 0 Å². The minimum absolute atomic E-state index is 0.414. The van der Waals surface area contributed by atoms with Gasteiger partial charge in [-0.25, -0.2) is 0 Å².